The van der Waals surface area contributed by atoms with E-state index >= 15 is 0 Å². The average molecular weight is 467 g/mol. The maximum atomic E-state index is 13.0. The van der Waals surface area contributed by atoms with Gasteiger partial charge in [-0.25, -0.2) is 9.59 Å². The molecular weight excluding hydrogens is 440 g/mol. The molecule has 2 rings (SSSR count). The van der Waals surface area contributed by atoms with Gasteiger partial charge in [-0.15, -0.1) is 11.8 Å². The molecule has 0 saturated carbocycles. The zero-order chi connectivity index (χ0) is 24.2. The number of methoxy groups -OCH3 is 1. The molecule has 1 saturated heterocycles. The van der Waals surface area contributed by atoms with E-state index < -0.39 is 33.9 Å². The number of esters is 1. The summed E-state index contributed by atoms with van der Waals surface area (Å²) in [6.07, 6.45) is 0.815. The van der Waals surface area contributed by atoms with Crippen molar-refractivity contribution in [3.05, 3.63) is 51.2 Å². The van der Waals surface area contributed by atoms with E-state index in [1.165, 1.54) is 48.0 Å². The van der Waals surface area contributed by atoms with Gasteiger partial charge in [-0.05, 0) is 57.2 Å². The van der Waals surface area contributed by atoms with Gasteiger partial charge in [-0.1, -0.05) is 0 Å². The summed E-state index contributed by atoms with van der Waals surface area (Å²) in [5.74, 6) is -1.68. The lowest BCUT2D eigenvalue weighted by atomic mass is 9.82. The average Bonchev–Trinajstić information content (AvgIpc) is 2.72. The van der Waals surface area contributed by atoms with Crippen LogP contribution in [0.25, 0.3) is 0 Å². The lowest BCUT2D eigenvalue weighted by molar-refractivity contribution is -0.384. The first kappa shape index (κ1) is 25.2. The summed E-state index contributed by atoms with van der Waals surface area (Å²) < 4.78 is 15.4. The zero-order valence-electron chi connectivity index (χ0n) is 18.7. The smallest absolute Gasteiger partial charge is 0.464 e. The zero-order valence-corrected chi connectivity index (χ0v) is 19.6. The van der Waals surface area contributed by atoms with Crippen LogP contribution in [0.1, 0.15) is 33.3 Å². The van der Waals surface area contributed by atoms with E-state index in [0.717, 1.165) is 0 Å². The maximum Gasteiger partial charge on any atom is 0.509 e. The topological polar surface area (TPSA) is 125 Å². The Bertz CT molecular complexity index is 938. The van der Waals surface area contributed by atoms with Crippen LogP contribution in [0.5, 0.6) is 0 Å². The molecule has 10 nitrogen and oxygen atoms in total. The normalized spacial score (nSPS) is 17.8. The molecule has 174 valence electrons. The predicted molar refractivity (Wildman–Crippen MR) is 116 cm³/mol. The molecular formula is C21H26N2O8S. The van der Waals surface area contributed by atoms with Gasteiger partial charge in [0.2, 0.25) is 5.91 Å². The van der Waals surface area contributed by atoms with Crippen LogP contribution in [0.3, 0.4) is 0 Å². The van der Waals surface area contributed by atoms with Crippen molar-refractivity contribution in [1.29, 1.82) is 0 Å². The van der Waals surface area contributed by atoms with Crippen LogP contribution in [0.4, 0.5) is 10.5 Å². The Kier molecular flexibility index (Phi) is 7.89. The lowest BCUT2D eigenvalue weighted by Crippen LogP contribution is -2.66. The third kappa shape index (κ3) is 5.21. The van der Waals surface area contributed by atoms with Crippen molar-refractivity contribution in [3.8, 4) is 0 Å². The molecule has 1 aromatic carbocycles. The molecule has 1 aliphatic heterocycles. The number of hydrogen-bond donors (Lipinski definition) is 0. The molecule has 0 bridgehead atoms. The Balaban J connectivity index is 2.06. The van der Waals surface area contributed by atoms with E-state index in [0.29, 0.717) is 11.1 Å². The number of hydrogen-bond acceptors (Lipinski definition) is 9. The van der Waals surface area contributed by atoms with Crippen molar-refractivity contribution in [2.75, 3.05) is 13.4 Å². The van der Waals surface area contributed by atoms with Crippen molar-refractivity contribution in [3.63, 3.8) is 0 Å². The van der Waals surface area contributed by atoms with Crippen LogP contribution >= 0.6 is 11.8 Å². The summed E-state index contributed by atoms with van der Waals surface area (Å²) >= 11 is 1.35. The Morgan fingerprint density at radius 1 is 1.22 bits per heavy atom. The second kappa shape index (κ2) is 10.0. The molecule has 1 aliphatic rings. The number of likely N-dealkylation sites (tertiary alicyclic amines) is 1. The number of β-lactam (4-membered cyclic amide) rings is 1. The van der Waals surface area contributed by atoms with Crippen molar-refractivity contribution in [2.45, 2.75) is 45.3 Å². The van der Waals surface area contributed by atoms with Gasteiger partial charge in [0.15, 0.2) is 0 Å². The minimum absolute atomic E-state index is 0.0729. The second-order valence-corrected chi connectivity index (χ2v) is 8.77. The monoisotopic (exact) mass is 466 g/mol. The molecule has 2 atom stereocenters. The van der Waals surface area contributed by atoms with Gasteiger partial charge in [-0.3, -0.25) is 19.8 Å². The van der Waals surface area contributed by atoms with Gasteiger partial charge in [0.05, 0.1) is 17.4 Å². The third-order valence-electron chi connectivity index (χ3n) is 4.98. The molecule has 0 radical (unpaired) electrons. The fourth-order valence-electron chi connectivity index (χ4n) is 3.39. The number of nitro benzene ring substituents is 1. The highest BCUT2D eigenvalue weighted by atomic mass is 32.2. The molecule has 11 heteroatoms. The number of nitro groups is 1. The van der Waals surface area contributed by atoms with Crippen LogP contribution < -0.4 is 0 Å². The maximum absolute atomic E-state index is 13.0. The Hall–Kier alpha value is -3.08. The molecule has 2 unspecified atom stereocenters. The number of carbonyl (C=O) groups excluding carboxylic acids is 3. The van der Waals surface area contributed by atoms with E-state index in [1.54, 1.807) is 34.0 Å². The summed E-state index contributed by atoms with van der Waals surface area (Å²) in [5.41, 5.74) is 0.0610. The van der Waals surface area contributed by atoms with E-state index in [2.05, 4.69) is 0 Å². The highest BCUT2D eigenvalue weighted by molar-refractivity contribution is 7.99. The van der Waals surface area contributed by atoms with Gasteiger partial charge in [0, 0.05) is 12.1 Å². The molecule has 0 spiro atoms. The van der Waals surface area contributed by atoms with Gasteiger partial charge in [0.1, 0.15) is 23.8 Å². The predicted octanol–water partition coefficient (Wildman–Crippen LogP) is 3.64. The van der Waals surface area contributed by atoms with Crippen molar-refractivity contribution < 1.29 is 33.5 Å². The minimum atomic E-state index is -1.21. The fraction of sp³-hybridized carbons (Fsp3) is 0.476. The van der Waals surface area contributed by atoms with Crippen molar-refractivity contribution in [1.82, 2.24) is 4.90 Å². The van der Waals surface area contributed by atoms with Gasteiger partial charge >= 0.3 is 12.1 Å². The molecule has 1 heterocycles. The number of carbonyl (C=O) groups is 3. The summed E-state index contributed by atoms with van der Waals surface area (Å²) in [7, 11) is 1.25. The van der Waals surface area contributed by atoms with Crippen molar-refractivity contribution >= 4 is 35.5 Å². The summed E-state index contributed by atoms with van der Waals surface area (Å²) in [5, 5.41) is 10.3. The summed E-state index contributed by atoms with van der Waals surface area (Å²) in [6, 6.07) is 5.56. The number of allylic oxidation sites excluding steroid dienone is 1. The van der Waals surface area contributed by atoms with Crippen LogP contribution in [-0.4, -0.2) is 52.2 Å². The minimum Gasteiger partial charge on any atom is -0.464 e. The fourth-order valence-corrected chi connectivity index (χ4v) is 4.52. The number of rotatable bonds is 8. The standard InChI is InChI=1S/C21H26N2O8S/c1-12(2)16(19(25)29-5)22-17(24)15(18(22)32-6)21(3,4)31-20(26)30-11-13-7-9-14(10-8-13)23(27)28/h7-10,15,18H,11H2,1-6H3. The number of nitrogens with zero attached hydrogens (tertiary/aromatic N) is 2. The largest absolute Gasteiger partial charge is 0.509 e. The van der Waals surface area contributed by atoms with E-state index in [-0.39, 0.29) is 23.9 Å². The van der Waals surface area contributed by atoms with E-state index in [9.17, 15) is 24.5 Å². The Labute approximate surface area is 190 Å². The number of amides is 1. The van der Waals surface area contributed by atoms with Gasteiger partial charge in [0.25, 0.3) is 5.69 Å². The number of thioether (sulfide) groups is 1. The van der Waals surface area contributed by atoms with Crippen LogP contribution in [0.2, 0.25) is 0 Å². The molecule has 0 aromatic heterocycles. The number of ether oxygens (including phenoxy) is 3. The lowest BCUT2D eigenvalue weighted by Gasteiger charge is -2.51. The Morgan fingerprint density at radius 2 is 1.81 bits per heavy atom. The van der Waals surface area contributed by atoms with Crippen LogP contribution in [-0.2, 0) is 30.4 Å². The molecule has 0 N–H and O–H groups in total. The first-order valence-corrected chi connectivity index (χ1v) is 10.9. The quantitative estimate of drug-likeness (QED) is 0.185. The van der Waals surface area contributed by atoms with E-state index in [4.69, 9.17) is 14.2 Å². The molecule has 0 aliphatic carbocycles. The van der Waals surface area contributed by atoms with Crippen LogP contribution in [0, 0.1) is 16.0 Å². The molecule has 1 amide bonds. The molecule has 1 aromatic rings. The highest BCUT2D eigenvalue weighted by Crippen LogP contribution is 2.45. The summed E-state index contributed by atoms with van der Waals surface area (Å²) in [4.78, 5) is 49.0. The third-order valence-corrected chi connectivity index (χ3v) is 5.94. The van der Waals surface area contributed by atoms with Gasteiger partial charge < -0.3 is 14.2 Å². The highest BCUT2D eigenvalue weighted by Gasteiger charge is 2.58. The number of non-ortho nitro benzene ring substituents is 1. The SMILES string of the molecule is COC(=O)C(=C(C)C)N1C(=O)C(C(C)(C)OC(=O)OCc2ccc([N+](=O)[O-])cc2)C1SC. The molecule has 1 fully saturated rings. The van der Waals surface area contributed by atoms with E-state index in [1.807, 2.05) is 0 Å². The first-order valence-electron chi connectivity index (χ1n) is 9.65. The molecule has 32 heavy (non-hydrogen) atoms. The van der Waals surface area contributed by atoms with Crippen LogP contribution in [0.15, 0.2) is 35.5 Å². The van der Waals surface area contributed by atoms with Gasteiger partial charge in [-0.2, -0.15) is 0 Å². The van der Waals surface area contributed by atoms with Crippen molar-refractivity contribution in [2.24, 2.45) is 5.92 Å². The second-order valence-electron chi connectivity index (χ2n) is 7.82. The number of benzene rings is 1. The first-order chi connectivity index (χ1) is 14.9. The summed E-state index contributed by atoms with van der Waals surface area (Å²) in [6.45, 7) is 6.48. The Morgan fingerprint density at radius 3 is 2.28 bits per heavy atom.